The maximum atomic E-state index is 12.6. The van der Waals surface area contributed by atoms with Crippen molar-refractivity contribution in [3.8, 4) is 0 Å². The molecule has 1 atom stereocenters. The molecule has 1 heterocycles. The van der Waals surface area contributed by atoms with Crippen molar-refractivity contribution in [3.63, 3.8) is 0 Å². The summed E-state index contributed by atoms with van der Waals surface area (Å²) in [5.41, 5.74) is 2.27. The summed E-state index contributed by atoms with van der Waals surface area (Å²) in [7, 11) is 0. The molecule has 0 saturated carbocycles. The number of carbonyl (C=O) groups is 2. The van der Waals surface area contributed by atoms with Gasteiger partial charge in [-0.1, -0.05) is 37.8 Å². The van der Waals surface area contributed by atoms with Crippen molar-refractivity contribution < 1.29 is 19.1 Å². The Morgan fingerprint density at radius 3 is 2.30 bits per heavy atom. The molecule has 2 rings (SSSR count). The quantitative estimate of drug-likeness (QED) is 0.316. The fourth-order valence-electron chi connectivity index (χ4n) is 2.97. The maximum absolute atomic E-state index is 12.6. The Balaban J connectivity index is 1.97. The summed E-state index contributed by atoms with van der Waals surface area (Å²) in [6.07, 6.45) is 1.51. The zero-order chi connectivity index (χ0) is 19.8. The van der Waals surface area contributed by atoms with Gasteiger partial charge >= 0.3 is 11.9 Å². The largest absolute Gasteiger partial charge is 0.461 e. The van der Waals surface area contributed by atoms with Crippen LogP contribution in [-0.2, 0) is 19.1 Å². The zero-order valence-electron chi connectivity index (χ0n) is 15.9. The second-order valence-electron chi connectivity index (χ2n) is 6.11. The first kappa shape index (κ1) is 20.8. The standard InChI is InChI=1S/C21H25NO4S/c1-5-11-25-20(23)18-14(2)19(16(4)22-15(18)3)21(24)26-12-13-27-17-9-7-6-8-10-17/h5-10,14,22H,1,11-13H2,2-4H3. The summed E-state index contributed by atoms with van der Waals surface area (Å²) in [6.45, 7) is 9.37. The van der Waals surface area contributed by atoms with Crippen LogP contribution in [0.4, 0.5) is 0 Å². The minimum absolute atomic E-state index is 0.127. The van der Waals surface area contributed by atoms with E-state index in [-0.39, 0.29) is 6.61 Å². The van der Waals surface area contributed by atoms with Gasteiger partial charge in [-0.3, -0.25) is 0 Å². The van der Waals surface area contributed by atoms with E-state index in [1.165, 1.54) is 6.08 Å². The molecule has 0 saturated heterocycles. The van der Waals surface area contributed by atoms with Crippen LogP contribution in [0.15, 0.2) is 70.4 Å². The Kier molecular flexibility index (Phi) is 7.73. The van der Waals surface area contributed by atoms with E-state index in [4.69, 9.17) is 9.47 Å². The van der Waals surface area contributed by atoms with Crippen LogP contribution >= 0.6 is 11.8 Å². The molecule has 1 aliphatic rings. The van der Waals surface area contributed by atoms with Crippen molar-refractivity contribution in [2.75, 3.05) is 19.0 Å². The van der Waals surface area contributed by atoms with Gasteiger partial charge in [-0.2, -0.15) is 0 Å². The lowest BCUT2D eigenvalue weighted by Crippen LogP contribution is -2.32. The van der Waals surface area contributed by atoms with Crippen molar-refractivity contribution in [1.29, 1.82) is 0 Å². The van der Waals surface area contributed by atoms with Gasteiger partial charge in [0.05, 0.1) is 11.1 Å². The van der Waals surface area contributed by atoms with Crippen molar-refractivity contribution in [2.45, 2.75) is 25.7 Å². The average Bonchev–Trinajstić information content (AvgIpc) is 2.64. The summed E-state index contributed by atoms with van der Waals surface area (Å²) in [4.78, 5) is 26.1. The lowest BCUT2D eigenvalue weighted by atomic mass is 9.87. The predicted octanol–water partition coefficient (Wildman–Crippen LogP) is 3.84. The molecular weight excluding hydrogens is 362 g/mol. The summed E-state index contributed by atoms with van der Waals surface area (Å²) in [6, 6.07) is 9.94. The number of benzene rings is 1. The van der Waals surface area contributed by atoms with Crippen molar-refractivity contribution >= 4 is 23.7 Å². The number of allylic oxidation sites excluding steroid dienone is 2. The molecule has 1 unspecified atom stereocenters. The molecular formula is C21H25NO4S. The Morgan fingerprint density at radius 2 is 1.70 bits per heavy atom. The summed E-state index contributed by atoms with van der Waals surface area (Å²) < 4.78 is 10.6. The minimum Gasteiger partial charge on any atom is -0.461 e. The topological polar surface area (TPSA) is 64.6 Å². The van der Waals surface area contributed by atoms with Crippen LogP contribution in [-0.4, -0.2) is 30.9 Å². The van der Waals surface area contributed by atoms with E-state index in [1.54, 1.807) is 25.6 Å². The molecule has 0 bridgehead atoms. The second kappa shape index (κ2) is 10.0. The highest BCUT2D eigenvalue weighted by molar-refractivity contribution is 7.99. The molecule has 144 valence electrons. The number of hydrogen-bond acceptors (Lipinski definition) is 6. The normalized spacial score (nSPS) is 16.6. The van der Waals surface area contributed by atoms with Gasteiger partial charge in [-0.25, -0.2) is 9.59 Å². The molecule has 0 radical (unpaired) electrons. The fourth-order valence-corrected chi connectivity index (χ4v) is 3.72. The molecule has 0 aromatic heterocycles. The summed E-state index contributed by atoms with van der Waals surface area (Å²) in [5, 5.41) is 3.09. The Labute approximate surface area is 164 Å². The van der Waals surface area contributed by atoms with E-state index >= 15 is 0 Å². The van der Waals surface area contributed by atoms with Gasteiger partial charge in [0.15, 0.2) is 0 Å². The van der Waals surface area contributed by atoms with Crippen LogP contribution in [0.5, 0.6) is 0 Å². The number of hydrogen-bond donors (Lipinski definition) is 1. The molecule has 0 amide bonds. The van der Waals surface area contributed by atoms with Crippen LogP contribution in [0.3, 0.4) is 0 Å². The lowest BCUT2D eigenvalue weighted by Gasteiger charge is -2.27. The highest BCUT2D eigenvalue weighted by atomic mass is 32.2. The molecule has 1 aromatic rings. The van der Waals surface area contributed by atoms with E-state index in [0.717, 1.165) is 4.90 Å². The van der Waals surface area contributed by atoms with Crippen molar-refractivity contribution in [1.82, 2.24) is 5.32 Å². The molecule has 1 aromatic carbocycles. The van der Waals surface area contributed by atoms with E-state index in [0.29, 0.717) is 34.9 Å². The van der Waals surface area contributed by atoms with Gasteiger partial charge in [0.2, 0.25) is 0 Å². The van der Waals surface area contributed by atoms with Crippen LogP contribution in [0.25, 0.3) is 0 Å². The smallest absolute Gasteiger partial charge is 0.336 e. The Morgan fingerprint density at radius 1 is 1.11 bits per heavy atom. The van der Waals surface area contributed by atoms with E-state index in [9.17, 15) is 9.59 Å². The molecule has 1 N–H and O–H groups in total. The van der Waals surface area contributed by atoms with E-state index in [1.807, 2.05) is 37.3 Å². The minimum atomic E-state index is -0.454. The highest BCUT2D eigenvalue weighted by Crippen LogP contribution is 2.31. The molecule has 0 fully saturated rings. The first-order valence-corrected chi connectivity index (χ1v) is 9.75. The number of dihydropyridines is 1. The third-order valence-electron chi connectivity index (χ3n) is 4.15. The van der Waals surface area contributed by atoms with E-state index < -0.39 is 17.9 Å². The van der Waals surface area contributed by atoms with E-state index in [2.05, 4.69) is 11.9 Å². The molecule has 1 aliphatic heterocycles. The van der Waals surface area contributed by atoms with Crippen LogP contribution < -0.4 is 5.32 Å². The second-order valence-corrected chi connectivity index (χ2v) is 7.28. The molecule has 5 nitrogen and oxygen atoms in total. The number of nitrogens with one attached hydrogen (secondary N) is 1. The number of rotatable bonds is 8. The third kappa shape index (κ3) is 5.50. The van der Waals surface area contributed by atoms with Crippen LogP contribution in [0.1, 0.15) is 20.8 Å². The zero-order valence-corrected chi connectivity index (χ0v) is 16.7. The molecule has 6 heteroatoms. The lowest BCUT2D eigenvalue weighted by molar-refractivity contribution is -0.139. The number of esters is 2. The average molecular weight is 388 g/mol. The highest BCUT2D eigenvalue weighted by Gasteiger charge is 2.33. The maximum Gasteiger partial charge on any atom is 0.336 e. The van der Waals surface area contributed by atoms with Gasteiger partial charge < -0.3 is 14.8 Å². The Hall–Kier alpha value is -2.47. The SMILES string of the molecule is C=CCOC(=O)C1=C(C)NC(C)=C(C(=O)OCCSc2ccccc2)C1C. The van der Waals surface area contributed by atoms with Gasteiger partial charge in [-0.15, -0.1) is 11.8 Å². The first-order valence-electron chi connectivity index (χ1n) is 8.77. The summed E-state index contributed by atoms with van der Waals surface area (Å²) in [5.74, 6) is -0.613. The van der Waals surface area contributed by atoms with Gasteiger partial charge in [0.25, 0.3) is 0 Å². The van der Waals surface area contributed by atoms with Crippen molar-refractivity contribution in [2.24, 2.45) is 5.92 Å². The molecule has 0 spiro atoms. The van der Waals surface area contributed by atoms with Gasteiger partial charge in [0, 0.05) is 28.0 Å². The molecule has 0 aliphatic carbocycles. The number of ether oxygens (including phenoxy) is 2. The van der Waals surface area contributed by atoms with Gasteiger partial charge in [-0.05, 0) is 26.0 Å². The number of thioether (sulfide) groups is 1. The number of carbonyl (C=O) groups excluding carboxylic acids is 2. The third-order valence-corrected chi connectivity index (χ3v) is 5.13. The first-order chi connectivity index (χ1) is 13.0. The van der Waals surface area contributed by atoms with Gasteiger partial charge in [0.1, 0.15) is 13.2 Å². The van der Waals surface area contributed by atoms with Crippen molar-refractivity contribution in [3.05, 3.63) is 65.5 Å². The fraction of sp³-hybridized carbons (Fsp3) is 0.333. The monoisotopic (exact) mass is 387 g/mol. The van der Waals surface area contributed by atoms with Crippen LogP contribution in [0.2, 0.25) is 0 Å². The predicted molar refractivity (Wildman–Crippen MR) is 107 cm³/mol. The Bertz CT molecular complexity index is 768. The summed E-state index contributed by atoms with van der Waals surface area (Å²) >= 11 is 1.62. The van der Waals surface area contributed by atoms with Crippen LogP contribution in [0, 0.1) is 5.92 Å². The molecule has 27 heavy (non-hydrogen) atoms.